The standard InChI is InChI=1S/C17H23NO/c1-13-8-9-17(11-13,12-18)16(19)10-14(2)15-6-4-3-5-7-15/h3-7,13-14,16,19H,8-11H2,1-2H3. The SMILES string of the molecule is CC1CCC(C#N)(C(O)CC(C)c2ccccc2)C1. The largest absolute Gasteiger partial charge is 0.391 e. The van der Waals surface area contributed by atoms with Crippen LogP contribution < -0.4 is 0 Å². The quantitative estimate of drug-likeness (QED) is 0.889. The van der Waals surface area contributed by atoms with Crippen molar-refractivity contribution < 1.29 is 5.11 Å². The van der Waals surface area contributed by atoms with Gasteiger partial charge < -0.3 is 5.11 Å². The number of hydrogen-bond acceptors (Lipinski definition) is 2. The van der Waals surface area contributed by atoms with E-state index < -0.39 is 11.5 Å². The zero-order valence-corrected chi connectivity index (χ0v) is 11.8. The summed E-state index contributed by atoms with van der Waals surface area (Å²) < 4.78 is 0. The molecule has 0 heterocycles. The topological polar surface area (TPSA) is 44.0 Å². The lowest BCUT2D eigenvalue weighted by Crippen LogP contribution is -2.32. The van der Waals surface area contributed by atoms with E-state index >= 15 is 0 Å². The molecule has 1 aliphatic carbocycles. The van der Waals surface area contributed by atoms with Gasteiger partial charge in [-0.05, 0) is 43.1 Å². The van der Waals surface area contributed by atoms with Gasteiger partial charge in [0, 0.05) is 0 Å². The van der Waals surface area contributed by atoms with E-state index in [2.05, 4.69) is 32.0 Å². The first-order chi connectivity index (χ1) is 9.07. The number of benzene rings is 1. The molecule has 1 aromatic rings. The highest BCUT2D eigenvalue weighted by Crippen LogP contribution is 2.45. The first kappa shape index (κ1) is 14.1. The maximum atomic E-state index is 10.5. The Morgan fingerprint density at radius 1 is 1.42 bits per heavy atom. The number of rotatable bonds is 4. The van der Waals surface area contributed by atoms with Crippen LogP contribution in [0.5, 0.6) is 0 Å². The molecule has 19 heavy (non-hydrogen) atoms. The summed E-state index contributed by atoms with van der Waals surface area (Å²) in [4.78, 5) is 0. The highest BCUT2D eigenvalue weighted by molar-refractivity contribution is 5.19. The molecule has 1 aromatic carbocycles. The van der Waals surface area contributed by atoms with Crippen LogP contribution in [0.1, 0.15) is 51.0 Å². The second-order valence-corrected chi connectivity index (χ2v) is 6.18. The Morgan fingerprint density at radius 2 is 2.11 bits per heavy atom. The zero-order valence-electron chi connectivity index (χ0n) is 11.8. The number of aliphatic hydroxyl groups is 1. The van der Waals surface area contributed by atoms with E-state index in [0.29, 0.717) is 12.3 Å². The van der Waals surface area contributed by atoms with Crippen LogP contribution in [-0.2, 0) is 0 Å². The predicted octanol–water partition coefficient (Wildman–Crippen LogP) is 3.87. The second kappa shape index (κ2) is 5.75. The maximum Gasteiger partial charge on any atom is 0.0835 e. The summed E-state index contributed by atoms with van der Waals surface area (Å²) in [5.74, 6) is 0.846. The number of aliphatic hydroxyl groups excluding tert-OH is 1. The van der Waals surface area contributed by atoms with Crippen LogP contribution >= 0.6 is 0 Å². The van der Waals surface area contributed by atoms with Crippen molar-refractivity contribution in [2.24, 2.45) is 11.3 Å². The molecule has 2 rings (SSSR count). The zero-order chi connectivity index (χ0) is 13.9. The smallest absolute Gasteiger partial charge is 0.0835 e. The number of nitriles is 1. The first-order valence-electron chi connectivity index (χ1n) is 7.21. The molecule has 0 aliphatic heterocycles. The summed E-state index contributed by atoms with van der Waals surface area (Å²) in [6, 6.07) is 12.6. The minimum Gasteiger partial charge on any atom is -0.391 e. The van der Waals surface area contributed by atoms with Gasteiger partial charge in [-0.3, -0.25) is 0 Å². The normalized spacial score (nSPS) is 29.7. The molecule has 2 heteroatoms. The molecule has 0 saturated heterocycles. The Labute approximate surface area is 116 Å². The van der Waals surface area contributed by atoms with Gasteiger partial charge >= 0.3 is 0 Å². The number of nitrogens with zero attached hydrogens (tertiary/aromatic N) is 1. The van der Waals surface area contributed by atoms with Crippen LogP contribution in [0.3, 0.4) is 0 Å². The summed E-state index contributed by atoms with van der Waals surface area (Å²) in [6.45, 7) is 4.30. The second-order valence-electron chi connectivity index (χ2n) is 6.18. The van der Waals surface area contributed by atoms with Gasteiger partial charge in [-0.2, -0.15) is 5.26 Å². The highest BCUT2D eigenvalue weighted by atomic mass is 16.3. The Kier molecular flexibility index (Phi) is 4.27. The molecule has 2 nitrogen and oxygen atoms in total. The summed E-state index contributed by atoms with van der Waals surface area (Å²) in [5.41, 5.74) is 0.725. The van der Waals surface area contributed by atoms with Crippen molar-refractivity contribution in [3.8, 4) is 6.07 Å². The fraction of sp³-hybridized carbons (Fsp3) is 0.588. The molecule has 0 radical (unpaired) electrons. The third-order valence-corrected chi connectivity index (χ3v) is 4.60. The molecule has 0 aromatic heterocycles. The van der Waals surface area contributed by atoms with Crippen molar-refractivity contribution in [3.05, 3.63) is 35.9 Å². The van der Waals surface area contributed by atoms with Gasteiger partial charge in [0.1, 0.15) is 0 Å². The Morgan fingerprint density at radius 3 is 2.63 bits per heavy atom. The van der Waals surface area contributed by atoms with Crippen LogP contribution in [0, 0.1) is 22.7 Å². The summed E-state index contributed by atoms with van der Waals surface area (Å²) in [5, 5.41) is 20.0. The Bertz CT molecular complexity index is 450. The van der Waals surface area contributed by atoms with Crippen molar-refractivity contribution in [3.63, 3.8) is 0 Å². The molecule has 4 atom stereocenters. The van der Waals surface area contributed by atoms with Crippen LogP contribution in [0.4, 0.5) is 0 Å². The fourth-order valence-electron chi connectivity index (χ4n) is 3.29. The lowest BCUT2D eigenvalue weighted by atomic mass is 9.77. The van der Waals surface area contributed by atoms with Crippen molar-refractivity contribution in [2.45, 2.75) is 51.6 Å². The summed E-state index contributed by atoms with van der Waals surface area (Å²) in [6.07, 6.45) is 2.89. The molecular formula is C17H23NO. The average Bonchev–Trinajstić information content (AvgIpc) is 2.82. The molecule has 1 aliphatic rings. The minimum absolute atomic E-state index is 0.289. The average molecular weight is 257 g/mol. The van der Waals surface area contributed by atoms with Crippen LogP contribution in [0.15, 0.2) is 30.3 Å². The monoisotopic (exact) mass is 257 g/mol. The van der Waals surface area contributed by atoms with Gasteiger partial charge in [0.25, 0.3) is 0 Å². The third kappa shape index (κ3) is 2.98. The van der Waals surface area contributed by atoms with Crippen molar-refractivity contribution in [1.29, 1.82) is 5.26 Å². The Balaban J connectivity index is 2.05. The summed E-state index contributed by atoms with van der Waals surface area (Å²) in [7, 11) is 0. The third-order valence-electron chi connectivity index (χ3n) is 4.60. The van der Waals surface area contributed by atoms with Crippen molar-refractivity contribution in [2.75, 3.05) is 0 Å². The molecule has 0 spiro atoms. The van der Waals surface area contributed by atoms with E-state index in [9.17, 15) is 10.4 Å². The fourth-order valence-corrected chi connectivity index (χ4v) is 3.29. The van der Waals surface area contributed by atoms with E-state index in [1.165, 1.54) is 5.56 Å². The van der Waals surface area contributed by atoms with Gasteiger partial charge in [0.15, 0.2) is 0 Å². The van der Waals surface area contributed by atoms with E-state index in [1.807, 2.05) is 18.2 Å². The van der Waals surface area contributed by atoms with Gasteiger partial charge in [0.2, 0.25) is 0 Å². The molecule has 1 saturated carbocycles. The molecule has 102 valence electrons. The molecular weight excluding hydrogens is 234 g/mol. The molecule has 4 unspecified atom stereocenters. The van der Waals surface area contributed by atoms with E-state index in [1.54, 1.807) is 0 Å². The van der Waals surface area contributed by atoms with Crippen LogP contribution in [-0.4, -0.2) is 11.2 Å². The minimum atomic E-state index is -0.516. The maximum absolute atomic E-state index is 10.5. The van der Waals surface area contributed by atoms with E-state index in [0.717, 1.165) is 19.3 Å². The summed E-state index contributed by atoms with van der Waals surface area (Å²) >= 11 is 0. The van der Waals surface area contributed by atoms with Crippen molar-refractivity contribution in [1.82, 2.24) is 0 Å². The van der Waals surface area contributed by atoms with E-state index in [4.69, 9.17) is 0 Å². The lowest BCUT2D eigenvalue weighted by Gasteiger charge is -2.29. The van der Waals surface area contributed by atoms with Crippen LogP contribution in [0.2, 0.25) is 0 Å². The van der Waals surface area contributed by atoms with Gasteiger partial charge in [0.05, 0.1) is 17.6 Å². The first-order valence-corrected chi connectivity index (χ1v) is 7.21. The number of hydrogen-bond donors (Lipinski definition) is 1. The molecule has 0 amide bonds. The Hall–Kier alpha value is -1.33. The molecule has 1 N–H and O–H groups in total. The molecule has 0 bridgehead atoms. The van der Waals surface area contributed by atoms with E-state index in [-0.39, 0.29) is 5.92 Å². The van der Waals surface area contributed by atoms with Crippen molar-refractivity contribution >= 4 is 0 Å². The van der Waals surface area contributed by atoms with Gasteiger partial charge in [-0.25, -0.2) is 0 Å². The van der Waals surface area contributed by atoms with Crippen LogP contribution in [0.25, 0.3) is 0 Å². The lowest BCUT2D eigenvalue weighted by molar-refractivity contribution is 0.0528. The predicted molar refractivity (Wildman–Crippen MR) is 76.5 cm³/mol. The highest BCUT2D eigenvalue weighted by Gasteiger charge is 2.44. The van der Waals surface area contributed by atoms with Gasteiger partial charge in [-0.15, -0.1) is 0 Å². The molecule has 1 fully saturated rings. The van der Waals surface area contributed by atoms with Gasteiger partial charge in [-0.1, -0.05) is 44.2 Å².